The first-order chi connectivity index (χ1) is 25.1. The molecular weight excluding hydrogens is 681 g/mol. The lowest BCUT2D eigenvalue weighted by atomic mass is 9.95. The third-order valence-corrected chi connectivity index (χ3v) is 9.40. The number of hydrogen-bond acceptors (Lipinski definition) is 10. The Labute approximate surface area is 305 Å². The summed E-state index contributed by atoms with van der Waals surface area (Å²) in [6.07, 6.45) is 4.66. The Kier molecular flexibility index (Phi) is 10.8. The highest BCUT2D eigenvalue weighted by molar-refractivity contribution is 7.07. The number of methoxy groups -OCH3 is 1. The number of rotatable bonds is 12. The van der Waals surface area contributed by atoms with Crippen molar-refractivity contribution in [2.45, 2.75) is 47.1 Å². The number of benzene rings is 3. The summed E-state index contributed by atoms with van der Waals surface area (Å²) in [5.74, 6) is 0.690. The molecule has 0 saturated carbocycles. The van der Waals surface area contributed by atoms with Crippen LogP contribution in [0.3, 0.4) is 0 Å². The predicted molar refractivity (Wildman–Crippen MR) is 199 cm³/mol. The lowest BCUT2D eigenvalue weighted by Gasteiger charge is -2.25. The number of aromatic nitrogens is 3. The molecule has 11 nitrogen and oxygen atoms in total. The molecule has 0 saturated heterocycles. The van der Waals surface area contributed by atoms with Gasteiger partial charge < -0.3 is 18.9 Å². The Morgan fingerprint density at radius 2 is 1.77 bits per heavy atom. The minimum atomic E-state index is -0.896. The Morgan fingerprint density at radius 1 is 1.02 bits per heavy atom. The van der Waals surface area contributed by atoms with Gasteiger partial charge in [-0.2, -0.15) is 5.10 Å². The van der Waals surface area contributed by atoms with Gasteiger partial charge in [0.05, 0.1) is 47.9 Å². The molecule has 3 aromatic carbocycles. The summed E-state index contributed by atoms with van der Waals surface area (Å²) < 4.78 is 25.9. The third kappa shape index (κ3) is 7.62. The van der Waals surface area contributed by atoms with Gasteiger partial charge in [0.1, 0.15) is 11.4 Å². The van der Waals surface area contributed by atoms with Crippen molar-refractivity contribution < 1.29 is 28.5 Å². The van der Waals surface area contributed by atoms with Gasteiger partial charge in [-0.3, -0.25) is 14.2 Å². The largest absolute Gasteiger partial charge is 0.494 e. The molecule has 0 bridgehead atoms. The van der Waals surface area contributed by atoms with E-state index in [4.69, 9.17) is 29.0 Å². The van der Waals surface area contributed by atoms with Gasteiger partial charge in [-0.25, -0.2) is 14.5 Å². The van der Waals surface area contributed by atoms with E-state index in [9.17, 15) is 14.4 Å². The van der Waals surface area contributed by atoms with Crippen molar-refractivity contribution in [1.82, 2.24) is 14.3 Å². The maximum absolute atomic E-state index is 14.5. The minimum absolute atomic E-state index is 0.140. The molecule has 1 atom stereocenters. The number of hydrogen-bond donors (Lipinski definition) is 0. The zero-order chi connectivity index (χ0) is 36.9. The zero-order valence-electron chi connectivity index (χ0n) is 29.9. The van der Waals surface area contributed by atoms with E-state index < -0.39 is 18.0 Å². The molecule has 0 amide bonds. The van der Waals surface area contributed by atoms with Crippen LogP contribution in [-0.4, -0.2) is 46.6 Å². The molecule has 0 N–H and O–H groups in total. The molecule has 3 heterocycles. The third-order valence-electron chi connectivity index (χ3n) is 8.42. The summed E-state index contributed by atoms with van der Waals surface area (Å²) >= 11 is 1.21. The molecule has 0 spiro atoms. The van der Waals surface area contributed by atoms with Gasteiger partial charge in [-0.15, -0.1) is 0 Å². The first-order valence-corrected chi connectivity index (χ1v) is 17.8. The highest BCUT2D eigenvalue weighted by atomic mass is 32.1. The summed E-state index contributed by atoms with van der Waals surface area (Å²) in [5, 5.41) is 4.95. The van der Waals surface area contributed by atoms with Gasteiger partial charge in [0, 0.05) is 24.2 Å². The van der Waals surface area contributed by atoms with Crippen LogP contribution < -0.4 is 29.1 Å². The summed E-state index contributed by atoms with van der Waals surface area (Å²) in [7, 11) is 1.45. The molecule has 0 fully saturated rings. The number of thiazole rings is 1. The molecule has 6 rings (SSSR count). The average molecular weight is 721 g/mol. The predicted octanol–water partition coefficient (Wildman–Crippen LogP) is 6.01. The zero-order valence-corrected chi connectivity index (χ0v) is 30.7. The van der Waals surface area contributed by atoms with Gasteiger partial charge in [0.2, 0.25) is 0 Å². The van der Waals surface area contributed by atoms with E-state index in [0.717, 1.165) is 23.4 Å². The number of fused-ring (bicyclic) bond motifs is 1. The SMILES string of the molecule is CCOC(=O)C1=C(C)N=c2s/c(=C\c3cn(-c4ccccc4)nc3-c3ccc(OCCC(C)C)cc3)c(=O)n2[C@@H]1c1ccc(OC(C)=O)c(OC)c1. The van der Waals surface area contributed by atoms with Crippen LogP contribution in [0, 0.1) is 5.92 Å². The highest BCUT2D eigenvalue weighted by Crippen LogP contribution is 2.36. The van der Waals surface area contributed by atoms with Crippen molar-refractivity contribution in [3.05, 3.63) is 121 Å². The van der Waals surface area contributed by atoms with E-state index in [1.54, 1.807) is 36.7 Å². The van der Waals surface area contributed by atoms with E-state index in [2.05, 4.69) is 13.8 Å². The molecule has 1 aliphatic rings. The summed E-state index contributed by atoms with van der Waals surface area (Å²) in [4.78, 5) is 44.8. The molecule has 1 aliphatic heterocycles. The second-order valence-corrected chi connectivity index (χ2v) is 13.6. The monoisotopic (exact) mass is 720 g/mol. The smallest absolute Gasteiger partial charge is 0.338 e. The first-order valence-electron chi connectivity index (χ1n) is 17.0. The first kappa shape index (κ1) is 36.1. The van der Waals surface area contributed by atoms with Gasteiger partial charge in [-0.1, -0.05) is 49.4 Å². The Hall–Kier alpha value is -5.75. The molecule has 5 aromatic rings. The fraction of sp³-hybridized carbons (Fsp3) is 0.275. The van der Waals surface area contributed by atoms with Gasteiger partial charge in [-0.05, 0) is 86.4 Å². The van der Waals surface area contributed by atoms with E-state index in [1.807, 2.05) is 66.9 Å². The quantitative estimate of drug-likeness (QED) is 0.114. The van der Waals surface area contributed by atoms with E-state index >= 15 is 0 Å². The van der Waals surface area contributed by atoms with E-state index in [-0.39, 0.29) is 29.2 Å². The second kappa shape index (κ2) is 15.6. The summed E-state index contributed by atoms with van der Waals surface area (Å²) in [5.41, 5.74) is 3.94. The van der Waals surface area contributed by atoms with Gasteiger partial charge >= 0.3 is 11.9 Å². The Balaban J connectivity index is 1.49. The molecule has 0 unspecified atom stereocenters. The van der Waals surface area contributed by atoms with Crippen molar-refractivity contribution >= 4 is 29.4 Å². The van der Waals surface area contributed by atoms with Crippen LogP contribution in [0.15, 0.2) is 100 Å². The van der Waals surface area contributed by atoms with Crippen LogP contribution in [0.5, 0.6) is 17.2 Å². The lowest BCUT2D eigenvalue weighted by molar-refractivity contribution is -0.139. The molecule has 52 heavy (non-hydrogen) atoms. The molecule has 0 aliphatic carbocycles. The second-order valence-electron chi connectivity index (χ2n) is 12.6. The Morgan fingerprint density at radius 3 is 2.44 bits per heavy atom. The Bertz CT molecular complexity index is 2320. The van der Waals surface area contributed by atoms with Crippen molar-refractivity contribution in [2.75, 3.05) is 20.3 Å². The number of carbonyl (C=O) groups excluding carboxylic acids is 2. The van der Waals surface area contributed by atoms with Gasteiger partial charge in [0.15, 0.2) is 16.3 Å². The van der Waals surface area contributed by atoms with Crippen LogP contribution in [0.25, 0.3) is 23.0 Å². The minimum Gasteiger partial charge on any atom is -0.494 e. The fourth-order valence-electron chi connectivity index (χ4n) is 5.89. The molecular formula is C40H40N4O7S. The van der Waals surface area contributed by atoms with E-state index in [0.29, 0.717) is 44.4 Å². The number of allylic oxidation sites excluding steroid dienone is 1. The number of para-hydroxylation sites is 1. The number of carbonyl (C=O) groups is 2. The van der Waals surface area contributed by atoms with Crippen molar-refractivity contribution in [2.24, 2.45) is 10.9 Å². The highest BCUT2D eigenvalue weighted by Gasteiger charge is 2.34. The molecule has 2 aromatic heterocycles. The normalized spacial score (nSPS) is 14.2. The topological polar surface area (TPSA) is 123 Å². The van der Waals surface area contributed by atoms with Crippen LogP contribution in [0.2, 0.25) is 0 Å². The molecule has 0 radical (unpaired) electrons. The lowest BCUT2D eigenvalue weighted by Crippen LogP contribution is -2.40. The number of nitrogens with zero attached hydrogens (tertiary/aromatic N) is 4. The van der Waals surface area contributed by atoms with Crippen molar-refractivity contribution in [3.8, 4) is 34.2 Å². The number of ether oxygens (including phenoxy) is 4. The van der Waals surface area contributed by atoms with Crippen LogP contribution in [0.4, 0.5) is 0 Å². The maximum atomic E-state index is 14.5. The van der Waals surface area contributed by atoms with Crippen molar-refractivity contribution in [3.63, 3.8) is 0 Å². The maximum Gasteiger partial charge on any atom is 0.338 e. The molecule has 12 heteroatoms. The number of esters is 2. The average Bonchev–Trinajstić information content (AvgIpc) is 3.68. The standard InChI is InChI=1S/C40H40N4O7S/c1-7-49-39(47)35-25(4)41-40-44(37(35)28-15-18-32(51-26(5)45)33(21-28)48-6)38(46)34(52-40)22-29-23-43(30-11-9-8-10-12-30)42-36(29)27-13-16-31(17-14-27)50-20-19-24(2)3/h8-18,21-24,37H,7,19-20H2,1-6H3/b34-22-/t37-/m1/s1. The van der Waals surface area contributed by atoms with Crippen LogP contribution >= 0.6 is 11.3 Å². The van der Waals surface area contributed by atoms with Crippen LogP contribution in [-0.2, 0) is 14.3 Å². The fourth-order valence-corrected chi connectivity index (χ4v) is 6.93. The summed E-state index contributed by atoms with van der Waals surface area (Å²) in [6.45, 7) is 9.83. The van der Waals surface area contributed by atoms with Crippen LogP contribution in [0.1, 0.15) is 58.2 Å². The van der Waals surface area contributed by atoms with Gasteiger partial charge in [0.25, 0.3) is 5.56 Å². The summed E-state index contributed by atoms with van der Waals surface area (Å²) in [6, 6.07) is 21.5. The van der Waals surface area contributed by atoms with Crippen molar-refractivity contribution in [1.29, 1.82) is 0 Å². The molecule has 268 valence electrons. The van der Waals surface area contributed by atoms with E-state index in [1.165, 1.54) is 29.9 Å².